The van der Waals surface area contributed by atoms with E-state index in [1.807, 2.05) is 0 Å². The molecule has 1 saturated heterocycles. The summed E-state index contributed by atoms with van der Waals surface area (Å²) in [7, 11) is 0. The van der Waals surface area contributed by atoms with Crippen LogP contribution in [0, 0.1) is 5.41 Å². The average molecular weight is 183 g/mol. The second-order valence-corrected chi connectivity index (χ2v) is 4.47. The lowest BCUT2D eigenvalue weighted by Crippen LogP contribution is -2.48. The van der Waals surface area contributed by atoms with Crippen molar-refractivity contribution in [2.24, 2.45) is 5.41 Å². The number of nitrogens with one attached hydrogen (secondary N) is 1. The van der Waals surface area contributed by atoms with Crippen molar-refractivity contribution < 1.29 is 9.53 Å². The first-order chi connectivity index (χ1) is 6.20. The van der Waals surface area contributed by atoms with Crippen LogP contribution in [-0.2, 0) is 9.53 Å². The molecule has 13 heavy (non-hydrogen) atoms. The quantitative estimate of drug-likeness (QED) is 0.660. The smallest absolute Gasteiger partial charge is 0.217 e. The molecule has 2 aliphatic rings. The maximum atomic E-state index is 10.8. The Morgan fingerprint density at radius 2 is 2.00 bits per heavy atom. The van der Waals surface area contributed by atoms with Crippen LogP contribution < -0.4 is 5.32 Å². The predicted molar refractivity (Wildman–Crippen MR) is 49.3 cm³/mol. The minimum absolute atomic E-state index is 0.103. The van der Waals surface area contributed by atoms with Crippen molar-refractivity contribution in [3.05, 3.63) is 0 Å². The Bertz CT molecular complexity index is 201. The van der Waals surface area contributed by atoms with Crippen molar-refractivity contribution in [2.75, 3.05) is 13.2 Å². The second-order valence-electron chi connectivity index (χ2n) is 4.47. The SMILES string of the molecule is CC(=O)NC1CCC2(CC1)COC2. The fourth-order valence-electron chi connectivity index (χ4n) is 2.34. The van der Waals surface area contributed by atoms with E-state index in [9.17, 15) is 4.79 Å². The van der Waals surface area contributed by atoms with E-state index < -0.39 is 0 Å². The zero-order chi connectivity index (χ0) is 9.31. The van der Waals surface area contributed by atoms with Crippen LogP contribution in [-0.4, -0.2) is 25.2 Å². The van der Waals surface area contributed by atoms with Crippen molar-refractivity contribution in [1.29, 1.82) is 0 Å². The van der Waals surface area contributed by atoms with Crippen LogP contribution in [0.5, 0.6) is 0 Å². The highest BCUT2D eigenvalue weighted by Crippen LogP contribution is 2.42. The fraction of sp³-hybridized carbons (Fsp3) is 0.900. The molecule has 1 heterocycles. The fourth-order valence-corrected chi connectivity index (χ4v) is 2.34. The molecule has 2 fully saturated rings. The van der Waals surface area contributed by atoms with Crippen molar-refractivity contribution in [3.8, 4) is 0 Å². The topological polar surface area (TPSA) is 38.3 Å². The van der Waals surface area contributed by atoms with Crippen molar-refractivity contribution >= 4 is 5.91 Å². The van der Waals surface area contributed by atoms with Gasteiger partial charge in [0.2, 0.25) is 5.91 Å². The molecule has 0 bridgehead atoms. The Kier molecular flexibility index (Phi) is 2.28. The summed E-state index contributed by atoms with van der Waals surface area (Å²) in [6.07, 6.45) is 4.70. The van der Waals surface area contributed by atoms with Gasteiger partial charge in [-0.05, 0) is 25.7 Å². The monoisotopic (exact) mass is 183 g/mol. The maximum absolute atomic E-state index is 10.8. The molecular weight excluding hydrogens is 166 g/mol. The second kappa shape index (κ2) is 3.29. The number of amides is 1. The zero-order valence-corrected chi connectivity index (χ0v) is 8.14. The third kappa shape index (κ3) is 1.85. The summed E-state index contributed by atoms with van der Waals surface area (Å²) in [5.41, 5.74) is 0.495. The van der Waals surface area contributed by atoms with E-state index in [2.05, 4.69) is 5.32 Å². The lowest BCUT2D eigenvalue weighted by molar-refractivity contribution is -0.136. The highest BCUT2D eigenvalue weighted by Gasteiger charge is 2.41. The van der Waals surface area contributed by atoms with E-state index in [1.165, 1.54) is 12.8 Å². The Hall–Kier alpha value is -0.570. The number of hydrogen-bond donors (Lipinski definition) is 1. The number of ether oxygens (including phenoxy) is 1. The third-order valence-electron chi connectivity index (χ3n) is 3.27. The summed E-state index contributed by atoms with van der Waals surface area (Å²) < 4.78 is 5.24. The van der Waals surface area contributed by atoms with Gasteiger partial charge < -0.3 is 10.1 Å². The molecule has 1 N–H and O–H groups in total. The van der Waals surface area contributed by atoms with Gasteiger partial charge >= 0.3 is 0 Å². The van der Waals surface area contributed by atoms with Gasteiger partial charge in [-0.25, -0.2) is 0 Å². The molecule has 0 aromatic rings. The standard InChI is InChI=1S/C10H17NO2/c1-8(12)11-9-2-4-10(5-3-9)6-13-7-10/h9H,2-7H2,1H3,(H,11,12). The summed E-state index contributed by atoms with van der Waals surface area (Å²) in [5.74, 6) is 0.103. The first-order valence-corrected chi connectivity index (χ1v) is 5.05. The van der Waals surface area contributed by atoms with Crippen LogP contribution in [0.25, 0.3) is 0 Å². The maximum Gasteiger partial charge on any atom is 0.217 e. The van der Waals surface area contributed by atoms with E-state index in [1.54, 1.807) is 6.92 Å². The van der Waals surface area contributed by atoms with Crippen molar-refractivity contribution in [1.82, 2.24) is 5.32 Å². The largest absolute Gasteiger partial charge is 0.380 e. The first-order valence-electron chi connectivity index (χ1n) is 5.05. The molecule has 1 amide bonds. The molecule has 0 radical (unpaired) electrons. The molecule has 0 aromatic heterocycles. The first kappa shape index (κ1) is 9.00. The molecular formula is C10H17NO2. The normalized spacial score (nSPS) is 26.8. The molecule has 1 aliphatic heterocycles. The summed E-state index contributed by atoms with van der Waals surface area (Å²) in [6, 6.07) is 0.420. The number of carbonyl (C=O) groups excluding carboxylic acids is 1. The molecule has 1 aliphatic carbocycles. The van der Waals surface area contributed by atoms with E-state index in [0.29, 0.717) is 11.5 Å². The van der Waals surface area contributed by atoms with Gasteiger partial charge in [-0.2, -0.15) is 0 Å². The molecule has 3 nitrogen and oxygen atoms in total. The molecule has 1 spiro atoms. The molecule has 2 rings (SSSR count). The highest BCUT2D eigenvalue weighted by molar-refractivity contribution is 5.73. The predicted octanol–water partition coefficient (Wildman–Crippen LogP) is 1.08. The summed E-state index contributed by atoms with van der Waals surface area (Å²) in [4.78, 5) is 10.8. The van der Waals surface area contributed by atoms with Gasteiger partial charge in [-0.3, -0.25) is 4.79 Å². The molecule has 3 heteroatoms. The number of rotatable bonds is 1. The molecule has 74 valence electrons. The van der Waals surface area contributed by atoms with Crippen LogP contribution in [0.2, 0.25) is 0 Å². The summed E-state index contributed by atoms with van der Waals surface area (Å²) >= 11 is 0. The Morgan fingerprint density at radius 3 is 2.38 bits per heavy atom. The Balaban J connectivity index is 1.79. The third-order valence-corrected chi connectivity index (χ3v) is 3.27. The Labute approximate surface area is 78.8 Å². The van der Waals surface area contributed by atoms with Crippen LogP contribution in [0.4, 0.5) is 0 Å². The average Bonchev–Trinajstić information content (AvgIpc) is 2.02. The van der Waals surface area contributed by atoms with E-state index in [-0.39, 0.29) is 5.91 Å². The molecule has 1 saturated carbocycles. The lowest BCUT2D eigenvalue weighted by Gasteiger charge is -2.46. The Morgan fingerprint density at radius 1 is 1.38 bits per heavy atom. The minimum Gasteiger partial charge on any atom is -0.380 e. The van der Waals surface area contributed by atoms with Crippen LogP contribution >= 0.6 is 0 Å². The lowest BCUT2D eigenvalue weighted by atomic mass is 9.71. The summed E-state index contributed by atoms with van der Waals surface area (Å²) in [6.45, 7) is 3.48. The van der Waals surface area contributed by atoms with E-state index >= 15 is 0 Å². The van der Waals surface area contributed by atoms with E-state index in [0.717, 1.165) is 26.1 Å². The zero-order valence-electron chi connectivity index (χ0n) is 8.14. The number of hydrogen-bond acceptors (Lipinski definition) is 2. The van der Waals surface area contributed by atoms with Gasteiger partial charge in [-0.15, -0.1) is 0 Å². The van der Waals surface area contributed by atoms with Crippen LogP contribution in [0.3, 0.4) is 0 Å². The van der Waals surface area contributed by atoms with Gasteiger partial charge in [-0.1, -0.05) is 0 Å². The summed E-state index contributed by atoms with van der Waals surface area (Å²) in [5, 5.41) is 2.99. The van der Waals surface area contributed by atoms with Crippen LogP contribution in [0.1, 0.15) is 32.6 Å². The molecule has 0 atom stereocenters. The van der Waals surface area contributed by atoms with Gasteiger partial charge in [0.1, 0.15) is 0 Å². The van der Waals surface area contributed by atoms with Gasteiger partial charge in [0.25, 0.3) is 0 Å². The minimum atomic E-state index is 0.103. The van der Waals surface area contributed by atoms with Gasteiger partial charge in [0, 0.05) is 18.4 Å². The molecule has 0 aromatic carbocycles. The van der Waals surface area contributed by atoms with Crippen molar-refractivity contribution in [3.63, 3.8) is 0 Å². The molecule has 0 unspecified atom stereocenters. The van der Waals surface area contributed by atoms with E-state index in [4.69, 9.17) is 4.74 Å². The van der Waals surface area contributed by atoms with Crippen molar-refractivity contribution in [2.45, 2.75) is 38.6 Å². The van der Waals surface area contributed by atoms with Gasteiger partial charge in [0.15, 0.2) is 0 Å². The van der Waals surface area contributed by atoms with Crippen LogP contribution in [0.15, 0.2) is 0 Å². The highest BCUT2D eigenvalue weighted by atomic mass is 16.5. The van der Waals surface area contributed by atoms with Gasteiger partial charge in [0.05, 0.1) is 13.2 Å². The number of carbonyl (C=O) groups is 1.